The van der Waals surface area contributed by atoms with Crippen molar-refractivity contribution >= 4 is 17.8 Å². The molecule has 0 N–H and O–H groups in total. The Morgan fingerprint density at radius 3 is 1.95 bits per heavy atom. The lowest BCUT2D eigenvalue weighted by Crippen LogP contribution is -2.46. The number of nitrogens with zero attached hydrogens (tertiary/aromatic N) is 5. The zero-order valence-electron chi connectivity index (χ0n) is 24.7. The zero-order valence-corrected chi connectivity index (χ0v) is 24.7. The van der Waals surface area contributed by atoms with E-state index < -0.39 is 29.8 Å². The fraction of sp³-hybridized carbons (Fsp3) is 0.567. The maximum absolute atomic E-state index is 13.0. The van der Waals surface area contributed by atoms with E-state index in [-0.39, 0.29) is 19.2 Å². The molecule has 2 aromatic rings. The summed E-state index contributed by atoms with van der Waals surface area (Å²) in [5.74, 6) is -1.18. The van der Waals surface area contributed by atoms with Gasteiger partial charge in [0.25, 0.3) is 5.91 Å². The van der Waals surface area contributed by atoms with E-state index in [0.29, 0.717) is 36.0 Å². The van der Waals surface area contributed by atoms with Crippen LogP contribution < -0.4 is 9.47 Å². The van der Waals surface area contributed by atoms with E-state index in [4.69, 9.17) is 14.2 Å². The van der Waals surface area contributed by atoms with Crippen LogP contribution in [0.5, 0.6) is 17.5 Å². The maximum Gasteiger partial charge on any atom is 0.416 e. The second kappa shape index (κ2) is 17.6. The van der Waals surface area contributed by atoms with Crippen LogP contribution in [0.15, 0.2) is 24.3 Å². The predicted octanol–water partition coefficient (Wildman–Crippen LogP) is 5.61. The Hall–Kier alpha value is -4.07. The van der Waals surface area contributed by atoms with Crippen LogP contribution in [0, 0.1) is 17.2 Å². The van der Waals surface area contributed by atoms with Gasteiger partial charge in [0, 0.05) is 19.4 Å². The van der Waals surface area contributed by atoms with Gasteiger partial charge >= 0.3 is 12.1 Å². The molecule has 0 radical (unpaired) electrons. The van der Waals surface area contributed by atoms with Crippen LogP contribution in [-0.4, -0.2) is 56.9 Å². The third-order valence-electron chi connectivity index (χ3n) is 6.11. The molecule has 11 heteroatoms. The summed E-state index contributed by atoms with van der Waals surface area (Å²) in [6, 6.07) is 8.45. The molecule has 2 rings (SSSR count). The SMILES string of the molecule is CCCCc1nc(CCCC)nc(Oc2ccc(OC(C)C(=O)C(C#N)C(=O)N(CCCC)C(=O)OCC)cc2)n1. The van der Waals surface area contributed by atoms with Crippen molar-refractivity contribution in [3.8, 4) is 23.6 Å². The fourth-order valence-electron chi connectivity index (χ4n) is 3.78. The van der Waals surface area contributed by atoms with Gasteiger partial charge < -0.3 is 14.2 Å². The number of carbonyl (C=O) groups excluding carboxylic acids is 3. The van der Waals surface area contributed by atoms with Crippen molar-refractivity contribution < 1.29 is 28.6 Å². The first-order valence-electron chi connectivity index (χ1n) is 14.4. The number of imide groups is 1. The Balaban J connectivity index is 2.10. The van der Waals surface area contributed by atoms with E-state index in [1.807, 2.05) is 6.92 Å². The van der Waals surface area contributed by atoms with Gasteiger partial charge in [-0.15, -0.1) is 0 Å². The molecule has 0 aliphatic rings. The Kier molecular flexibility index (Phi) is 14.2. The quantitative estimate of drug-likeness (QED) is 0.221. The largest absolute Gasteiger partial charge is 0.483 e. The Bertz CT molecular complexity index is 1150. The molecule has 2 amide bonds. The standard InChI is InChI=1S/C30H41N5O6/c1-6-10-13-25-32-26(14-11-7-2)34-29(33-25)41-23-17-15-22(16-18-23)40-21(5)27(36)24(20-31)28(37)35(19-12-8-3)30(38)39-9-4/h15-18,21,24H,6-14,19H2,1-5H3. The average Bonchev–Trinajstić information content (AvgIpc) is 2.96. The Morgan fingerprint density at radius 2 is 1.44 bits per heavy atom. The van der Waals surface area contributed by atoms with Crippen LogP contribution in [-0.2, 0) is 27.2 Å². The van der Waals surface area contributed by atoms with E-state index in [0.717, 1.165) is 43.4 Å². The van der Waals surface area contributed by atoms with Crippen molar-refractivity contribution in [3.05, 3.63) is 35.9 Å². The second-order valence-corrected chi connectivity index (χ2v) is 9.50. The number of unbranched alkanes of at least 4 members (excludes halogenated alkanes) is 3. The third kappa shape index (κ3) is 10.4. The molecule has 0 fully saturated rings. The summed E-state index contributed by atoms with van der Waals surface area (Å²) in [7, 11) is 0. The van der Waals surface area contributed by atoms with Gasteiger partial charge in [0.1, 0.15) is 23.1 Å². The van der Waals surface area contributed by atoms with E-state index >= 15 is 0 Å². The number of rotatable bonds is 17. The lowest BCUT2D eigenvalue weighted by molar-refractivity contribution is -0.140. The molecular weight excluding hydrogens is 526 g/mol. The lowest BCUT2D eigenvalue weighted by Gasteiger charge is -2.23. The molecule has 0 aliphatic heterocycles. The van der Waals surface area contributed by atoms with E-state index in [2.05, 4.69) is 28.8 Å². The highest BCUT2D eigenvalue weighted by Gasteiger charge is 2.37. The van der Waals surface area contributed by atoms with Crippen LogP contribution >= 0.6 is 0 Å². The summed E-state index contributed by atoms with van der Waals surface area (Å²) in [6.45, 7) is 9.29. The smallest absolute Gasteiger partial charge is 0.416 e. The number of nitriles is 1. The number of Topliss-reactive ketones (excluding diaryl/α,β-unsaturated/α-hetero) is 1. The molecule has 1 heterocycles. The van der Waals surface area contributed by atoms with Crippen LogP contribution in [0.25, 0.3) is 0 Å². The first-order chi connectivity index (χ1) is 19.8. The maximum atomic E-state index is 13.0. The fourth-order valence-corrected chi connectivity index (χ4v) is 3.78. The molecule has 11 nitrogen and oxygen atoms in total. The van der Waals surface area contributed by atoms with Crippen molar-refractivity contribution in [1.29, 1.82) is 5.26 Å². The van der Waals surface area contributed by atoms with Crippen LogP contribution in [0.4, 0.5) is 4.79 Å². The summed E-state index contributed by atoms with van der Waals surface area (Å²) in [6.07, 6.45) is 4.71. The molecule has 2 atom stereocenters. The number of aromatic nitrogens is 3. The lowest BCUT2D eigenvalue weighted by atomic mass is 10.00. The van der Waals surface area contributed by atoms with E-state index in [1.165, 1.54) is 6.92 Å². The normalized spacial score (nSPS) is 12.1. The van der Waals surface area contributed by atoms with Crippen LogP contribution in [0.2, 0.25) is 0 Å². The summed E-state index contributed by atoms with van der Waals surface area (Å²) in [5.41, 5.74) is 0. The minimum Gasteiger partial charge on any atom is -0.483 e. The van der Waals surface area contributed by atoms with Gasteiger partial charge in [0.15, 0.2) is 17.8 Å². The van der Waals surface area contributed by atoms with E-state index in [1.54, 1.807) is 37.3 Å². The topological polar surface area (TPSA) is 145 Å². The summed E-state index contributed by atoms with van der Waals surface area (Å²) in [4.78, 5) is 52.6. The molecule has 1 aromatic carbocycles. The molecule has 222 valence electrons. The highest BCUT2D eigenvalue weighted by Crippen LogP contribution is 2.24. The number of ether oxygens (including phenoxy) is 3. The van der Waals surface area contributed by atoms with Gasteiger partial charge in [-0.2, -0.15) is 15.2 Å². The van der Waals surface area contributed by atoms with Gasteiger partial charge in [-0.25, -0.2) is 14.7 Å². The predicted molar refractivity (Wildman–Crippen MR) is 151 cm³/mol. The molecule has 0 saturated carbocycles. The number of hydrogen-bond donors (Lipinski definition) is 0. The van der Waals surface area contributed by atoms with Gasteiger partial charge in [-0.3, -0.25) is 9.59 Å². The number of ketones is 1. The van der Waals surface area contributed by atoms with Crippen molar-refractivity contribution in [1.82, 2.24) is 19.9 Å². The number of carbonyl (C=O) groups is 3. The first-order valence-corrected chi connectivity index (χ1v) is 14.4. The highest BCUT2D eigenvalue weighted by molar-refractivity contribution is 6.09. The first kappa shape index (κ1) is 33.1. The van der Waals surface area contributed by atoms with E-state index in [9.17, 15) is 19.6 Å². The highest BCUT2D eigenvalue weighted by atomic mass is 16.6. The number of hydrogen-bond acceptors (Lipinski definition) is 10. The molecule has 1 aromatic heterocycles. The summed E-state index contributed by atoms with van der Waals surface area (Å²) < 4.78 is 16.6. The minimum atomic E-state index is -1.71. The average molecular weight is 568 g/mol. The van der Waals surface area contributed by atoms with Gasteiger partial charge in [-0.1, -0.05) is 40.0 Å². The van der Waals surface area contributed by atoms with Gasteiger partial charge in [0.05, 0.1) is 12.7 Å². The zero-order chi connectivity index (χ0) is 30.2. The summed E-state index contributed by atoms with van der Waals surface area (Å²) in [5, 5.41) is 9.62. The van der Waals surface area contributed by atoms with Crippen molar-refractivity contribution in [3.63, 3.8) is 0 Å². The minimum absolute atomic E-state index is 0.0533. The third-order valence-corrected chi connectivity index (χ3v) is 6.11. The van der Waals surface area contributed by atoms with Gasteiger partial charge in [-0.05, 0) is 57.4 Å². The van der Waals surface area contributed by atoms with Crippen molar-refractivity contribution in [2.24, 2.45) is 5.92 Å². The molecular formula is C30H41N5O6. The number of aryl methyl sites for hydroxylation is 2. The Labute approximate surface area is 242 Å². The molecule has 0 spiro atoms. The van der Waals surface area contributed by atoms with Crippen molar-refractivity contribution in [2.75, 3.05) is 13.2 Å². The molecule has 0 saturated heterocycles. The molecule has 0 aliphatic carbocycles. The number of benzene rings is 1. The van der Waals surface area contributed by atoms with Crippen LogP contribution in [0.1, 0.15) is 84.8 Å². The molecule has 0 bridgehead atoms. The summed E-state index contributed by atoms with van der Waals surface area (Å²) >= 11 is 0. The van der Waals surface area contributed by atoms with Gasteiger partial charge in [0.2, 0.25) is 0 Å². The Morgan fingerprint density at radius 1 is 0.878 bits per heavy atom. The monoisotopic (exact) mass is 567 g/mol. The molecule has 2 unspecified atom stereocenters. The van der Waals surface area contributed by atoms with Crippen molar-refractivity contribution in [2.45, 2.75) is 92.1 Å². The molecule has 41 heavy (non-hydrogen) atoms. The second-order valence-electron chi connectivity index (χ2n) is 9.50. The van der Waals surface area contributed by atoms with Crippen LogP contribution in [0.3, 0.4) is 0 Å². The number of amides is 2.